The molecule has 0 spiro atoms. The van der Waals surface area contributed by atoms with E-state index in [2.05, 4.69) is 10.6 Å². The number of nitrogens with two attached hydrogens (primary N) is 1. The second kappa shape index (κ2) is 11.6. The molecule has 34 heavy (non-hydrogen) atoms. The summed E-state index contributed by atoms with van der Waals surface area (Å²) >= 11 is 1.12. The van der Waals surface area contributed by atoms with Gasteiger partial charge in [-0.15, -0.1) is 11.3 Å². The summed E-state index contributed by atoms with van der Waals surface area (Å²) in [4.78, 5) is 48.4. The average Bonchev–Trinajstić information content (AvgIpc) is 3.30. The van der Waals surface area contributed by atoms with Crippen molar-refractivity contribution >= 4 is 45.7 Å². The minimum atomic E-state index is -0.775. The Labute approximate surface area is 199 Å². The van der Waals surface area contributed by atoms with Crippen molar-refractivity contribution in [2.24, 2.45) is 5.73 Å². The summed E-state index contributed by atoms with van der Waals surface area (Å²) in [5.74, 6) is -1.62. The fourth-order valence-electron chi connectivity index (χ4n) is 3.00. The molecule has 0 fully saturated rings. The minimum Gasteiger partial charge on any atom is -0.497 e. The molecule has 0 atom stereocenters. The summed E-state index contributed by atoms with van der Waals surface area (Å²) in [6.07, 6.45) is 0.722. The molecule has 0 aliphatic carbocycles. The number of hydrogen-bond acceptors (Lipinski definition) is 7. The average molecular weight is 482 g/mol. The van der Waals surface area contributed by atoms with E-state index in [1.54, 1.807) is 30.7 Å². The van der Waals surface area contributed by atoms with Crippen LogP contribution >= 0.6 is 11.3 Å². The minimum absolute atomic E-state index is 0.113. The van der Waals surface area contributed by atoms with Crippen LogP contribution < -0.4 is 21.1 Å². The van der Waals surface area contributed by atoms with Crippen molar-refractivity contribution in [3.05, 3.63) is 76.7 Å². The molecular weight excluding hydrogens is 458 g/mol. The highest BCUT2D eigenvalue weighted by atomic mass is 32.1. The van der Waals surface area contributed by atoms with Crippen molar-refractivity contribution in [2.45, 2.75) is 12.8 Å². The number of carbonyl (C=O) groups is 4. The number of methoxy groups -OCH3 is 1. The molecule has 0 unspecified atom stereocenters. The number of benzene rings is 2. The summed E-state index contributed by atoms with van der Waals surface area (Å²) in [6, 6.07) is 15.2. The van der Waals surface area contributed by atoms with E-state index in [0.29, 0.717) is 6.42 Å². The predicted molar refractivity (Wildman–Crippen MR) is 128 cm³/mol. The highest BCUT2D eigenvalue weighted by Gasteiger charge is 2.17. The van der Waals surface area contributed by atoms with Gasteiger partial charge in [0.1, 0.15) is 10.8 Å². The second-order valence-corrected chi connectivity index (χ2v) is 8.01. The van der Waals surface area contributed by atoms with Crippen LogP contribution in [0, 0.1) is 0 Å². The number of anilines is 2. The van der Waals surface area contributed by atoms with Crippen LogP contribution in [0.15, 0.2) is 60.0 Å². The van der Waals surface area contributed by atoms with E-state index in [4.69, 9.17) is 15.2 Å². The molecule has 4 N–H and O–H groups in total. The van der Waals surface area contributed by atoms with E-state index in [9.17, 15) is 19.2 Å². The first-order valence-electron chi connectivity index (χ1n) is 10.2. The summed E-state index contributed by atoms with van der Waals surface area (Å²) in [7, 11) is 1.58. The first-order chi connectivity index (χ1) is 16.4. The number of thiophene rings is 1. The summed E-state index contributed by atoms with van der Waals surface area (Å²) in [6.45, 7) is -0.575. The molecule has 1 heterocycles. The Balaban J connectivity index is 1.54. The Morgan fingerprint density at radius 3 is 2.35 bits per heavy atom. The number of ether oxygens (including phenoxy) is 2. The number of para-hydroxylation sites is 1. The molecule has 0 aliphatic rings. The van der Waals surface area contributed by atoms with Gasteiger partial charge in [-0.25, -0.2) is 4.79 Å². The van der Waals surface area contributed by atoms with Gasteiger partial charge in [-0.2, -0.15) is 0 Å². The molecule has 10 heteroatoms. The van der Waals surface area contributed by atoms with Crippen molar-refractivity contribution in [1.29, 1.82) is 0 Å². The molecule has 1 aromatic heterocycles. The van der Waals surface area contributed by atoms with Gasteiger partial charge in [-0.1, -0.05) is 24.3 Å². The SMILES string of the molecule is COc1ccc(CCC(=O)Nc2ccccc2C(=O)OCC(=O)Nc2sccc2C(N)=O)cc1. The molecular formula is C24H23N3O6S. The number of aryl methyl sites for hydroxylation is 1. The zero-order valence-corrected chi connectivity index (χ0v) is 19.1. The van der Waals surface area contributed by atoms with Crippen molar-refractivity contribution in [3.63, 3.8) is 0 Å². The van der Waals surface area contributed by atoms with E-state index >= 15 is 0 Å². The van der Waals surface area contributed by atoms with Crippen LogP contribution in [0.4, 0.5) is 10.7 Å². The first-order valence-corrected chi connectivity index (χ1v) is 11.1. The molecule has 3 amide bonds. The molecule has 9 nitrogen and oxygen atoms in total. The van der Waals surface area contributed by atoms with Gasteiger partial charge >= 0.3 is 5.97 Å². The second-order valence-electron chi connectivity index (χ2n) is 7.09. The van der Waals surface area contributed by atoms with Crippen LogP contribution in [-0.4, -0.2) is 37.4 Å². The van der Waals surface area contributed by atoms with Gasteiger partial charge in [0.15, 0.2) is 6.61 Å². The largest absolute Gasteiger partial charge is 0.497 e. The monoisotopic (exact) mass is 481 g/mol. The molecule has 0 radical (unpaired) electrons. The normalized spacial score (nSPS) is 10.3. The maximum atomic E-state index is 12.5. The van der Waals surface area contributed by atoms with E-state index < -0.39 is 24.4 Å². The highest BCUT2D eigenvalue weighted by Crippen LogP contribution is 2.23. The lowest BCUT2D eigenvalue weighted by atomic mass is 10.1. The van der Waals surface area contributed by atoms with E-state index in [0.717, 1.165) is 22.6 Å². The van der Waals surface area contributed by atoms with Gasteiger partial charge in [0.05, 0.1) is 23.9 Å². The number of amides is 3. The van der Waals surface area contributed by atoms with Crippen LogP contribution in [0.25, 0.3) is 0 Å². The number of esters is 1. The van der Waals surface area contributed by atoms with E-state index in [1.165, 1.54) is 12.1 Å². The summed E-state index contributed by atoms with van der Waals surface area (Å²) < 4.78 is 10.2. The number of hydrogen-bond donors (Lipinski definition) is 3. The molecule has 3 aromatic rings. The third-order valence-corrected chi connectivity index (χ3v) is 5.57. The Kier molecular flexibility index (Phi) is 8.36. The summed E-state index contributed by atoms with van der Waals surface area (Å²) in [5, 5.41) is 7.08. The topological polar surface area (TPSA) is 137 Å². The van der Waals surface area contributed by atoms with Gasteiger partial charge in [-0.05, 0) is 47.7 Å². The fourth-order valence-corrected chi connectivity index (χ4v) is 3.81. The van der Waals surface area contributed by atoms with Gasteiger partial charge in [-0.3, -0.25) is 14.4 Å². The lowest BCUT2D eigenvalue weighted by Gasteiger charge is -2.11. The van der Waals surface area contributed by atoms with Gasteiger partial charge in [0.2, 0.25) is 5.91 Å². The Morgan fingerprint density at radius 1 is 0.912 bits per heavy atom. The highest BCUT2D eigenvalue weighted by molar-refractivity contribution is 7.14. The molecule has 2 aromatic carbocycles. The van der Waals surface area contributed by atoms with Crippen LogP contribution in [0.5, 0.6) is 5.75 Å². The van der Waals surface area contributed by atoms with E-state index in [1.807, 2.05) is 24.3 Å². The van der Waals surface area contributed by atoms with Crippen LogP contribution in [0.3, 0.4) is 0 Å². The van der Waals surface area contributed by atoms with Crippen molar-refractivity contribution in [2.75, 3.05) is 24.4 Å². The maximum Gasteiger partial charge on any atom is 0.340 e. The smallest absolute Gasteiger partial charge is 0.340 e. The Morgan fingerprint density at radius 2 is 1.65 bits per heavy atom. The van der Waals surface area contributed by atoms with Crippen molar-refractivity contribution in [3.8, 4) is 5.75 Å². The number of carbonyl (C=O) groups excluding carboxylic acids is 4. The van der Waals surface area contributed by atoms with Crippen molar-refractivity contribution in [1.82, 2.24) is 0 Å². The predicted octanol–water partition coefficient (Wildman–Crippen LogP) is 3.22. The number of rotatable bonds is 10. The van der Waals surface area contributed by atoms with Crippen LogP contribution in [0.1, 0.15) is 32.7 Å². The molecule has 0 saturated heterocycles. The Bertz CT molecular complexity index is 1190. The Hall–Kier alpha value is -4.18. The third-order valence-electron chi connectivity index (χ3n) is 4.74. The van der Waals surface area contributed by atoms with Gasteiger partial charge in [0.25, 0.3) is 11.8 Å². The molecule has 3 rings (SSSR count). The number of nitrogens with one attached hydrogen (secondary N) is 2. The summed E-state index contributed by atoms with van der Waals surface area (Å²) in [5.41, 5.74) is 6.79. The molecule has 0 bridgehead atoms. The fraction of sp³-hybridized carbons (Fsp3) is 0.167. The van der Waals surface area contributed by atoms with Crippen molar-refractivity contribution < 1.29 is 28.7 Å². The standard InChI is InChI=1S/C24H23N3O6S/c1-32-16-9-6-15(7-10-16)8-11-20(28)26-19-5-3-2-4-17(19)24(31)33-14-21(29)27-23-18(22(25)30)12-13-34-23/h2-7,9-10,12-13H,8,11,14H2,1H3,(H2,25,30)(H,26,28)(H,27,29). The van der Waals surface area contributed by atoms with Gasteiger partial charge in [0, 0.05) is 6.42 Å². The lowest BCUT2D eigenvalue weighted by Crippen LogP contribution is -2.23. The maximum absolute atomic E-state index is 12.5. The quantitative estimate of drug-likeness (QED) is 0.380. The zero-order valence-electron chi connectivity index (χ0n) is 18.3. The third kappa shape index (κ3) is 6.66. The van der Waals surface area contributed by atoms with Crippen LogP contribution in [-0.2, 0) is 20.7 Å². The van der Waals surface area contributed by atoms with E-state index in [-0.39, 0.29) is 34.1 Å². The first kappa shape index (κ1) is 24.5. The lowest BCUT2D eigenvalue weighted by molar-refractivity contribution is -0.119. The number of primary amides is 1. The van der Waals surface area contributed by atoms with Gasteiger partial charge < -0.3 is 25.8 Å². The molecule has 176 valence electrons. The zero-order chi connectivity index (χ0) is 24.5. The molecule has 0 saturated carbocycles. The molecule has 0 aliphatic heterocycles. The van der Waals surface area contributed by atoms with Crippen LogP contribution in [0.2, 0.25) is 0 Å².